The molecule has 3 nitrogen and oxygen atoms in total. The summed E-state index contributed by atoms with van der Waals surface area (Å²) in [5.41, 5.74) is 0.561. The van der Waals surface area contributed by atoms with E-state index in [2.05, 4.69) is 25.9 Å². The van der Waals surface area contributed by atoms with Crippen LogP contribution in [0.2, 0.25) is 5.15 Å². The zero-order valence-corrected chi connectivity index (χ0v) is 9.36. The van der Waals surface area contributed by atoms with Gasteiger partial charge in [-0.2, -0.15) is 0 Å². The Kier molecular flexibility index (Phi) is 4.49. The van der Waals surface area contributed by atoms with Gasteiger partial charge in [0.1, 0.15) is 16.6 Å². The van der Waals surface area contributed by atoms with Gasteiger partial charge in [0.15, 0.2) is 5.15 Å². The Hall–Kier alpha value is -1.00. The molecule has 0 aliphatic rings. The van der Waals surface area contributed by atoms with Crippen LogP contribution in [0.4, 0.5) is 0 Å². The van der Waals surface area contributed by atoms with Crippen molar-refractivity contribution in [3.8, 4) is 0 Å². The molecule has 1 rings (SSSR count). The summed E-state index contributed by atoms with van der Waals surface area (Å²) in [4.78, 5) is 17.9. The smallest absolute Gasteiger partial charge is 0.156 e. The first kappa shape index (κ1) is 11.1. The van der Waals surface area contributed by atoms with Crippen molar-refractivity contribution < 1.29 is 4.79 Å². The van der Waals surface area contributed by atoms with Crippen LogP contribution in [-0.2, 0) is 4.79 Å². The highest BCUT2D eigenvalue weighted by Gasteiger charge is 1.99. The van der Waals surface area contributed by atoms with Crippen LogP contribution in [0.3, 0.4) is 0 Å². The van der Waals surface area contributed by atoms with Crippen molar-refractivity contribution in [1.82, 2.24) is 9.97 Å². The zero-order chi connectivity index (χ0) is 10.4. The number of carbonyl (C=O) groups excluding carboxylic acids is 1. The molecule has 0 fully saturated rings. The first-order valence-corrected chi connectivity index (χ1v) is 4.87. The minimum Gasteiger partial charge on any atom is -0.299 e. The molecule has 0 spiro atoms. The maximum absolute atomic E-state index is 9.95. The summed E-state index contributed by atoms with van der Waals surface area (Å²) in [6, 6.07) is 0. The molecule has 0 radical (unpaired) electrons. The monoisotopic (exact) mass is 272 g/mol. The van der Waals surface area contributed by atoms with Gasteiger partial charge in [0, 0.05) is 0 Å². The van der Waals surface area contributed by atoms with Crippen molar-refractivity contribution in [2.75, 3.05) is 0 Å². The SMILES string of the molecule is O=C/C=C/C=C/c1ncc(Br)nc1Cl. The fourth-order valence-electron chi connectivity index (χ4n) is 0.724. The van der Waals surface area contributed by atoms with E-state index in [0.29, 0.717) is 21.7 Å². The molecule has 0 aliphatic carbocycles. The molecular formula is C9H6BrClN2O. The molecule has 5 heteroatoms. The number of hydrogen-bond donors (Lipinski definition) is 0. The Morgan fingerprint density at radius 3 is 2.79 bits per heavy atom. The van der Waals surface area contributed by atoms with Gasteiger partial charge in [0.2, 0.25) is 0 Å². The van der Waals surface area contributed by atoms with Crippen LogP contribution in [0.15, 0.2) is 29.0 Å². The average Bonchev–Trinajstić information content (AvgIpc) is 2.15. The van der Waals surface area contributed by atoms with Gasteiger partial charge in [-0.1, -0.05) is 23.8 Å². The van der Waals surface area contributed by atoms with Gasteiger partial charge in [-0.15, -0.1) is 0 Å². The molecule has 0 aromatic carbocycles. The van der Waals surface area contributed by atoms with Crippen molar-refractivity contribution in [3.63, 3.8) is 0 Å². The maximum atomic E-state index is 9.95. The van der Waals surface area contributed by atoms with E-state index in [1.54, 1.807) is 24.4 Å². The normalized spacial score (nSPS) is 11.3. The number of rotatable bonds is 3. The molecule has 72 valence electrons. The van der Waals surface area contributed by atoms with E-state index in [1.807, 2.05) is 0 Å². The molecule has 14 heavy (non-hydrogen) atoms. The lowest BCUT2D eigenvalue weighted by atomic mass is 10.3. The van der Waals surface area contributed by atoms with Crippen LogP contribution < -0.4 is 0 Å². The van der Waals surface area contributed by atoms with Gasteiger partial charge in [0.05, 0.1) is 6.20 Å². The van der Waals surface area contributed by atoms with Gasteiger partial charge in [-0.05, 0) is 28.1 Å². The minimum absolute atomic E-state index is 0.315. The molecule has 1 aromatic rings. The number of allylic oxidation sites excluding steroid dienone is 3. The summed E-state index contributed by atoms with van der Waals surface area (Å²) in [6.45, 7) is 0. The molecule has 0 saturated carbocycles. The first-order chi connectivity index (χ1) is 6.74. The van der Waals surface area contributed by atoms with E-state index in [0.717, 1.165) is 0 Å². The first-order valence-electron chi connectivity index (χ1n) is 3.70. The van der Waals surface area contributed by atoms with Gasteiger partial charge in [-0.25, -0.2) is 4.98 Å². The topological polar surface area (TPSA) is 42.9 Å². The summed E-state index contributed by atoms with van der Waals surface area (Å²) < 4.78 is 0.586. The molecule has 0 unspecified atom stereocenters. The predicted molar refractivity (Wildman–Crippen MR) is 59.0 cm³/mol. The Morgan fingerprint density at radius 2 is 2.14 bits per heavy atom. The van der Waals surface area contributed by atoms with Crippen molar-refractivity contribution in [1.29, 1.82) is 0 Å². The lowest BCUT2D eigenvalue weighted by Gasteiger charge is -1.95. The zero-order valence-electron chi connectivity index (χ0n) is 7.02. The summed E-state index contributed by atoms with van der Waals surface area (Å²) in [6.07, 6.45) is 8.54. The number of hydrogen-bond acceptors (Lipinski definition) is 3. The molecule has 1 aromatic heterocycles. The van der Waals surface area contributed by atoms with E-state index in [1.165, 1.54) is 6.08 Å². The molecule has 0 saturated heterocycles. The van der Waals surface area contributed by atoms with Gasteiger partial charge in [0.25, 0.3) is 0 Å². The maximum Gasteiger partial charge on any atom is 0.156 e. The lowest BCUT2D eigenvalue weighted by Crippen LogP contribution is -1.86. The fraction of sp³-hybridized carbons (Fsp3) is 0. The Balaban J connectivity index is 2.81. The van der Waals surface area contributed by atoms with Crippen molar-refractivity contribution in [3.05, 3.63) is 39.9 Å². The van der Waals surface area contributed by atoms with Crippen LogP contribution >= 0.6 is 27.5 Å². The Bertz CT molecular complexity index is 390. The van der Waals surface area contributed by atoms with E-state index >= 15 is 0 Å². The van der Waals surface area contributed by atoms with Crippen LogP contribution in [0.5, 0.6) is 0 Å². The van der Waals surface area contributed by atoms with E-state index < -0.39 is 0 Å². The highest BCUT2D eigenvalue weighted by Crippen LogP contribution is 2.15. The Labute approximate surface area is 94.6 Å². The third kappa shape index (κ3) is 3.40. The molecule has 0 aliphatic heterocycles. The lowest BCUT2D eigenvalue weighted by molar-refractivity contribution is -0.104. The van der Waals surface area contributed by atoms with Crippen molar-refractivity contribution in [2.45, 2.75) is 0 Å². The third-order valence-corrected chi connectivity index (χ3v) is 1.94. The minimum atomic E-state index is 0.315. The summed E-state index contributed by atoms with van der Waals surface area (Å²) >= 11 is 8.94. The third-order valence-electron chi connectivity index (χ3n) is 1.28. The van der Waals surface area contributed by atoms with Crippen molar-refractivity contribution >= 4 is 39.9 Å². The average molecular weight is 274 g/mol. The van der Waals surface area contributed by atoms with Crippen LogP contribution in [0.25, 0.3) is 6.08 Å². The summed E-state index contributed by atoms with van der Waals surface area (Å²) in [5, 5.41) is 0.315. The highest BCUT2D eigenvalue weighted by atomic mass is 79.9. The van der Waals surface area contributed by atoms with Crippen LogP contribution in [0.1, 0.15) is 5.69 Å². The second kappa shape index (κ2) is 5.67. The van der Waals surface area contributed by atoms with Gasteiger partial charge in [-0.3, -0.25) is 9.78 Å². The number of halogens is 2. The second-order valence-corrected chi connectivity index (χ2v) is 3.42. The van der Waals surface area contributed by atoms with Crippen molar-refractivity contribution in [2.24, 2.45) is 0 Å². The second-order valence-electron chi connectivity index (χ2n) is 2.25. The largest absolute Gasteiger partial charge is 0.299 e. The molecule has 1 heterocycles. The quantitative estimate of drug-likeness (QED) is 0.483. The summed E-state index contributed by atoms with van der Waals surface area (Å²) in [5.74, 6) is 0. The molecule has 0 amide bonds. The van der Waals surface area contributed by atoms with E-state index in [9.17, 15) is 4.79 Å². The number of aromatic nitrogens is 2. The Morgan fingerprint density at radius 1 is 1.36 bits per heavy atom. The van der Waals surface area contributed by atoms with Crippen LogP contribution in [0, 0.1) is 0 Å². The standard InChI is InChI=1S/C9H6BrClN2O/c10-8-6-12-7(9(11)13-8)4-2-1-3-5-14/h1-6H/b3-1+,4-2+. The van der Waals surface area contributed by atoms with E-state index in [-0.39, 0.29) is 0 Å². The van der Waals surface area contributed by atoms with Crippen LogP contribution in [-0.4, -0.2) is 16.3 Å². The van der Waals surface area contributed by atoms with Gasteiger partial charge < -0.3 is 0 Å². The number of aldehydes is 1. The number of carbonyl (C=O) groups is 1. The molecule has 0 bridgehead atoms. The van der Waals surface area contributed by atoms with Gasteiger partial charge >= 0.3 is 0 Å². The molecular weight excluding hydrogens is 267 g/mol. The summed E-state index contributed by atoms with van der Waals surface area (Å²) in [7, 11) is 0. The molecule has 0 N–H and O–H groups in total. The molecule has 0 atom stereocenters. The predicted octanol–water partition coefficient (Wildman–Crippen LogP) is 2.66. The number of nitrogens with zero attached hydrogens (tertiary/aromatic N) is 2. The van der Waals surface area contributed by atoms with E-state index in [4.69, 9.17) is 11.6 Å². The highest BCUT2D eigenvalue weighted by molar-refractivity contribution is 9.10. The fourth-order valence-corrected chi connectivity index (χ4v) is 1.31.